The summed E-state index contributed by atoms with van der Waals surface area (Å²) in [5.41, 5.74) is 4.92. The molecule has 7 heteroatoms. The number of rotatable bonds is 6. The van der Waals surface area contributed by atoms with Crippen LogP contribution in [0, 0.1) is 6.92 Å². The van der Waals surface area contributed by atoms with E-state index in [1.807, 2.05) is 22.9 Å². The minimum atomic E-state index is -0.179. The highest BCUT2D eigenvalue weighted by molar-refractivity contribution is 7.11. The van der Waals surface area contributed by atoms with Gasteiger partial charge in [0.1, 0.15) is 0 Å². The fraction of sp³-hybridized carbons (Fsp3) is 0.320. The fourth-order valence-electron chi connectivity index (χ4n) is 4.19. The lowest BCUT2D eigenvalue weighted by molar-refractivity contribution is 0.0950. The van der Waals surface area contributed by atoms with Crippen LogP contribution in [0.5, 0.6) is 0 Å². The molecule has 2 aromatic heterocycles. The summed E-state index contributed by atoms with van der Waals surface area (Å²) in [4.78, 5) is 19.2. The van der Waals surface area contributed by atoms with E-state index < -0.39 is 0 Å². The van der Waals surface area contributed by atoms with E-state index in [0.717, 1.165) is 40.7 Å². The highest BCUT2D eigenvalue weighted by Crippen LogP contribution is 2.27. The van der Waals surface area contributed by atoms with Gasteiger partial charge in [0, 0.05) is 28.3 Å². The number of nitrogens with one attached hydrogen (secondary N) is 1. The summed E-state index contributed by atoms with van der Waals surface area (Å²) in [6.45, 7) is 3.20. The average Bonchev–Trinajstić information content (AvgIpc) is 3.36. The summed E-state index contributed by atoms with van der Waals surface area (Å²) >= 11 is 8.03. The zero-order valence-corrected chi connectivity index (χ0v) is 19.6. The number of carbonyl (C=O) groups excluding carboxylic acids is 1. The molecular weight excluding hydrogens is 440 g/mol. The maximum Gasteiger partial charge on any atom is 0.272 e. The molecule has 1 aliphatic carbocycles. The maximum absolute atomic E-state index is 13.0. The molecule has 1 N–H and O–H groups in total. The van der Waals surface area contributed by atoms with Crippen LogP contribution < -0.4 is 5.32 Å². The van der Waals surface area contributed by atoms with Gasteiger partial charge in [-0.1, -0.05) is 41.4 Å². The van der Waals surface area contributed by atoms with Crippen molar-refractivity contribution < 1.29 is 4.79 Å². The maximum atomic E-state index is 13.0. The highest BCUT2D eigenvalue weighted by atomic mass is 35.5. The second-order valence-corrected chi connectivity index (χ2v) is 9.95. The Bertz CT molecular complexity index is 1250. The molecule has 5 nitrogen and oxygen atoms in total. The molecule has 0 atom stereocenters. The van der Waals surface area contributed by atoms with Crippen LogP contribution in [0.15, 0.2) is 42.5 Å². The second kappa shape index (κ2) is 9.04. The molecule has 1 amide bonds. The van der Waals surface area contributed by atoms with Gasteiger partial charge in [0.2, 0.25) is 0 Å². The molecule has 0 aliphatic heterocycles. The van der Waals surface area contributed by atoms with Crippen LogP contribution in [0.25, 0.3) is 10.9 Å². The number of aryl methyl sites for hydroxylation is 3. The van der Waals surface area contributed by atoms with Gasteiger partial charge in [0.25, 0.3) is 5.91 Å². The first-order valence-electron chi connectivity index (χ1n) is 11.0. The monoisotopic (exact) mass is 464 g/mol. The van der Waals surface area contributed by atoms with Gasteiger partial charge >= 0.3 is 0 Å². The van der Waals surface area contributed by atoms with Crippen molar-refractivity contribution in [2.45, 2.75) is 45.6 Å². The summed E-state index contributed by atoms with van der Waals surface area (Å²) in [6, 6.07) is 13.9. The number of amides is 1. The molecular formula is C25H25ClN4OS. The Morgan fingerprint density at radius 1 is 1.16 bits per heavy atom. The number of hydrogen-bond acceptors (Lipinski definition) is 4. The van der Waals surface area contributed by atoms with Crippen molar-refractivity contribution in [3.05, 3.63) is 79.9 Å². The lowest BCUT2D eigenvalue weighted by atomic mass is 10.0. The summed E-state index contributed by atoms with van der Waals surface area (Å²) in [6.07, 6.45) is 5.46. The Morgan fingerprint density at radius 3 is 2.78 bits per heavy atom. The molecule has 0 unspecified atom stereocenters. The predicted molar refractivity (Wildman–Crippen MR) is 130 cm³/mol. The summed E-state index contributed by atoms with van der Waals surface area (Å²) in [5, 5.41) is 10.2. The third-order valence-electron chi connectivity index (χ3n) is 5.89. The van der Waals surface area contributed by atoms with Gasteiger partial charge in [-0.2, -0.15) is 5.10 Å². The van der Waals surface area contributed by atoms with Crippen LogP contribution in [0.2, 0.25) is 5.02 Å². The largest absolute Gasteiger partial charge is 0.350 e. The molecule has 5 rings (SSSR count). The second-order valence-electron chi connectivity index (χ2n) is 8.34. The number of halogens is 1. The van der Waals surface area contributed by atoms with E-state index in [-0.39, 0.29) is 5.91 Å². The van der Waals surface area contributed by atoms with E-state index in [1.54, 1.807) is 11.3 Å². The highest BCUT2D eigenvalue weighted by Gasteiger charge is 2.19. The molecule has 1 aliphatic rings. The Balaban J connectivity index is 1.33. The molecule has 32 heavy (non-hydrogen) atoms. The summed E-state index contributed by atoms with van der Waals surface area (Å²) in [7, 11) is 0. The number of fused-ring (bicyclic) bond motifs is 2. The van der Waals surface area contributed by atoms with Crippen LogP contribution in [-0.4, -0.2) is 27.2 Å². The van der Waals surface area contributed by atoms with Gasteiger partial charge in [-0.3, -0.25) is 9.48 Å². The molecule has 164 valence electrons. The Morgan fingerprint density at radius 2 is 1.97 bits per heavy atom. The van der Waals surface area contributed by atoms with E-state index in [9.17, 15) is 4.79 Å². The van der Waals surface area contributed by atoms with Crippen LogP contribution in [0.3, 0.4) is 0 Å². The van der Waals surface area contributed by atoms with Gasteiger partial charge in [0.15, 0.2) is 5.69 Å². The molecule has 0 bridgehead atoms. The van der Waals surface area contributed by atoms with Crippen LogP contribution in [0.1, 0.15) is 50.0 Å². The molecule has 0 saturated carbocycles. The molecule has 4 aromatic rings. The van der Waals surface area contributed by atoms with Gasteiger partial charge < -0.3 is 5.32 Å². The number of aromatic nitrogens is 3. The minimum Gasteiger partial charge on any atom is -0.350 e. The molecule has 2 heterocycles. The van der Waals surface area contributed by atoms with E-state index in [0.29, 0.717) is 23.8 Å². The van der Waals surface area contributed by atoms with Crippen molar-refractivity contribution in [1.29, 1.82) is 0 Å². The van der Waals surface area contributed by atoms with Crippen molar-refractivity contribution in [3.63, 3.8) is 0 Å². The van der Waals surface area contributed by atoms with Gasteiger partial charge in [-0.05, 0) is 56.4 Å². The predicted octanol–water partition coefficient (Wildman–Crippen LogP) is 5.35. The molecule has 0 saturated heterocycles. The van der Waals surface area contributed by atoms with Gasteiger partial charge in [-0.25, -0.2) is 4.98 Å². The topological polar surface area (TPSA) is 59.8 Å². The molecule has 0 fully saturated rings. The van der Waals surface area contributed by atoms with Crippen molar-refractivity contribution in [3.8, 4) is 0 Å². The Kier molecular flexibility index (Phi) is 5.98. The SMILES string of the molecule is Cc1ccc(Cn2nc(C(=O)NCCc3nc4c(s3)CCCC4)c3cc(Cl)ccc32)cc1. The number of nitrogens with zero attached hydrogens (tertiary/aromatic N) is 3. The lowest BCUT2D eigenvalue weighted by Crippen LogP contribution is -2.26. The molecule has 0 radical (unpaired) electrons. The number of thiazole rings is 1. The van der Waals surface area contributed by atoms with Gasteiger partial charge in [-0.15, -0.1) is 11.3 Å². The first kappa shape index (κ1) is 21.2. The van der Waals surface area contributed by atoms with Crippen molar-refractivity contribution in [2.24, 2.45) is 0 Å². The van der Waals surface area contributed by atoms with Crippen molar-refractivity contribution in [1.82, 2.24) is 20.1 Å². The third-order valence-corrected chi connectivity index (χ3v) is 7.35. The Labute approximate surface area is 196 Å². The normalized spacial score (nSPS) is 13.3. The minimum absolute atomic E-state index is 0.179. The first-order valence-corrected chi connectivity index (χ1v) is 12.2. The van der Waals surface area contributed by atoms with Crippen LogP contribution >= 0.6 is 22.9 Å². The standard InChI is InChI=1S/C25H25ClN4OS/c1-16-6-8-17(9-7-16)15-30-21-11-10-18(26)14-19(21)24(29-30)25(31)27-13-12-23-28-20-4-2-3-5-22(20)32-23/h6-11,14H,2-5,12-13,15H2,1H3,(H,27,31). The number of hydrogen-bond donors (Lipinski definition) is 1. The van der Waals surface area contributed by atoms with Crippen molar-refractivity contribution in [2.75, 3.05) is 6.54 Å². The van der Waals surface area contributed by atoms with E-state index >= 15 is 0 Å². The molecule has 0 spiro atoms. The van der Waals surface area contributed by atoms with Crippen LogP contribution in [-0.2, 0) is 25.8 Å². The average molecular weight is 465 g/mol. The zero-order valence-electron chi connectivity index (χ0n) is 18.0. The number of benzene rings is 2. The number of carbonyl (C=O) groups is 1. The molecule has 2 aromatic carbocycles. The van der Waals surface area contributed by atoms with E-state index in [1.165, 1.54) is 29.0 Å². The smallest absolute Gasteiger partial charge is 0.272 e. The lowest BCUT2D eigenvalue weighted by Gasteiger charge is -2.06. The van der Waals surface area contributed by atoms with Crippen LogP contribution in [0.4, 0.5) is 0 Å². The fourth-order valence-corrected chi connectivity index (χ4v) is 5.51. The summed E-state index contributed by atoms with van der Waals surface area (Å²) < 4.78 is 1.88. The zero-order chi connectivity index (χ0) is 22.1. The summed E-state index contributed by atoms with van der Waals surface area (Å²) in [5.74, 6) is -0.179. The van der Waals surface area contributed by atoms with E-state index in [4.69, 9.17) is 16.6 Å². The first-order chi connectivity index (χ1) is 15.6. The van der Waals surface area contributed by atoms with Gasteiger partial charge in [0.05, 0.1) is 22.8 Å². The van der Waals surface area contributed by atoms with E-state index in [2.05, 4.69) is 41.6 Å². The quantitative estimate of drug-likeness (QED) is 0.418. The third kappa shape index (κ3) is 4.43. The van der Waals surface area contributed by atoms with Crippen molar-refractivity contribution >= 4 is 39.7 Å². The Hall–Kier alpha value is -2.70.